The molecule has 5 atom stereocenters. The molecule has 23 heavy (non-hydrogen) atoms. The monoisotopic (exact) mass is 307 g/mol. The van der Waals surface area contributed by atoms with Gasteiger partial charge in [-0.2, -0.15) is 0 Å². The Bertz CT molecular complexity index is 649. The number of rotatable bonds is 1. The summed E-state index contributed by atoms with van der Waals surface area (Å²) in [7, 11) is 0. The van der Waals surface area contributed by atoms with Crippen LogP contribution in [0.3, 0.4) is 0 Å². The summed E-state index contributed by atoms with van der Waals surface area (Å²) in [4.78, 5) is 15.4. The Morgan fingerprint density at radius 2 is 1.78 bits per heavy atom. The van der Waals surface area contributed by atoms with Crippen molar-refractivity contribution in [3.8, 4) is 0 Å². The molecule has 0 N–H and O–H groups in total. The summed E-state index contributed by atoms with van der Waals surface area (Å²) < 4.78 is 0. The average molecular weight is 307 g/mol. The van der Waals surface area contributed by atoms with Crippen molar-refractivity contribution in [3.63, 3.8) is 0 Å². The number of carbonyl (C=O) groups is 1. The molecule has 0 aromatic heterocycles. The van der Waals surface area contributed by atoms with E-state index in [0.29, 0.717) is 17.7 Å². The maximum absolute atomic E-state index is 12.9. The van der Waals surface area contributed by atoms with Gasteiger partial charge in [0.15, 0.2) is 5.78 Å². The molecule has 1 aromatic rings. The smallest absolute Gasteiger partial charge is 0.184 e. The molecule has 2 saturated heterocycles. The maximum atomic E-state index is 12.9. The van der Waals surface area contributed by atoms with Gasteiger partial charge in [-0.05, 0) is 48.7 Å². The Morgan fingerprint density at radius 1 is 0.957 bits per heavy atom. The van der Waals surface area contributed by atoms with Gasteiger partial charge < -0.3 is 4.90 Å². The lowest BCUT2D eigenvalue weighted by molar-refractivity contribution is -0.122. The molecule has 120 valence electrons. The van der Waals surface area contributed by atoms with Crippen molar-refractivity contribution in [2.24, 2.45) is 23.7 Å². The van der Waals surface area contributed by atoms with E-state index in [1.807, 2.05) is 6.07 Å². The van der Waals surface area contributed by atoms with Gasteiger partial charge in [0, 0.05) is 18.5 Å². The average Bonchev–Trinajstić information content (AvgIpc) is 3.13. The molecule has 2 aliphatic heterocycles. The van der Waals surface area contributed by atoms with Crippen molar-refractivity contribution in [1.82, 2.24) is 4.90 Å². The van der Waals surface area contributed by atoms with E-state index in [1.165, 1.54) is 38.5 Å². The van der Waals surface area contributed by atoms with Crippen LogP contribution < -0.4 is 0 Å². The summed E-state index contributed by atoms with van der Waals surface area (Å²) in [5.41, 5.74) is 2.17. The molecule has 0 spiro atoms. The van der Waals surface area contributed by atoms with Crippen LogP contribution in [-0.4, -0.2) is 23.3 Å². The Morgan fingerprint density at radius 3 is 2.65 bits per heavy atom. The van der Waals surface area contributed by atoms with Crippen LogP contribution in [0, 0.1) is 23.7 Å². The van der Waals surface area contributed by atoms with Crippen LogP contribution in [-0.2, 0) is 4.79 Å². The number of Topliss-reactive ketones (excluding diaryl/α,β-unsaturated/α-hetero) is 1. The second kappa shape index (κ2) is 5.22. The fourth-order valence-corrected chi connectivity index (χ4v) is 6.04. The van der Waals surface area contributed by atoms with Crippen LogP contribution in [0.25, 0.3) is 6.08 Å². The molecule has 4 fully saturated rings. The van der Waals surface area contributed by atoms with Crippen LogP contribution in [0.15, 0.2) is 36.0 Å². The summed E-state index contributed by atoms with van der Waals surface area (Å²) >= 11 is 0. The molecular formula is C21H25NO. The van der Waals surface area contributed by atoms with Crippen molar-refractivity contribution in [2.45, 2.75) is 44.6 Å². The molecule has 0 amide bonds. The summed E-state index contributed by atoms with van der Waals surface area (Å²) in [6.45, 7) is 0.996. The fraction of sp³-hybridized carbons (Fsp3) is 0.571. The molecule has 2 nitrogen and oxygen atoms in total. The van der Waals surface area contributed by atoms with Gasteiger partial charge in [0.1, 0.15) is 0 Å². The minimum Gasteiger partial charge on any atom is -0.364 e. The lowest BCUT2D eigenvalue weighted by Crippen LogP contribution is -2.49. The van der Waals surface area contributed by atoms with Crippen molar-refractivity contribution in [2.75, 3.05) is 6.54 Å². The fourth-order valence-electron chi connectivity index (χ4n) is 6.04. The second-order valence-electron chi connectivity index (χ2n) is 8.00. The molecule has 2 heterocycles. The number of benzene rings is 1. The van der Waals surface area contributed by atoms with Gasteiger partial charge >= 0.3 is 0 Å². The molecular weight excluding hydrogens is 282 g/mol. The van der Waals surface area contributed by atoms with E-state index in [4.69, 9.17) is 0 Å². The summed E-state index contributed by atoms with van der Waals surface area (Å²) in [5, 5.41) is 0. The molecule has 2 aliphatic carbocycles. The number of piperidine rings is 1. The van der Waals surface area contributed by atoms with Crippen LogP contribution in [0.5, 0.6) is 0 Å². The van der Waals surface area contributed by atoms with Gasteiger partial charge in [0.25, 0.3) is 0 Å². The largest absolute Gasteiger partial charge is 0.364 e. The first-order chi connectivity index (χ1) is 11.3. The third-order valence-corrected chi connectivity index (χ3v) is 6.99. The van der Waals surface area contributed by atoms with Crippen LogP contribution in [0.2, 0.25) is 0 Å². The zero-order valence-electron chi connectivity index (χ0n) is 13.7. The van der Waals surface area contributed by atoms with Crippen LogP contribution >= 0.6 is 0 Å². The third kappa shape index (κ3) is 2.03. The van der Waals surface area contributed by atoms with E-state index in [2.05, 4.69) is 35.2 Å². The van der Waals surface area contributed by atoms with Crippen molar-refractivity contribution in [1.29, 1.82) is 0 Å². The quantitative estimate of drug-likeness (QED) is 0.727. The molecule has 2 heteroatoms. The molecule has 5 unspecified atom stereocenters. The highest BCUT2D eigenvalue weighted by molar-refractivity contribution is 6.04. The molecule has 2 bridgehead atoms. The Hall–Kier alpha value is -1.57. The van der Waals surface area contributed by atoms with E-state index < -0.39 is 0 Å². The number of allylic oxidation sites excluding steroid dienone is 1. The molecule has 1 aromatic carbocycles. The first kappa shape index (κ1) is 13.8. The topological polar surface area (TPSA) is 20.3 Å². The van der Waals surface area contributed by atoms with Gasteiger partial charge in [-0.3, -0.25) is 4.79 Å². The van der Waals surface area contributed by atoms with Gasteiger partial charge in [-0.15, -0.1) is 0 Å². The van der Waals surface area contributed by atoms with E-state index in [-0.39, 0.29) is 5.92 Å². The summed E-state index contributed by atoms with van der Waals surface area (Å²) in [6, 6.07) is 11.0. The summed E-state index contributed by atoms with van der Waals surface area (Å²) in [6.07, 6.45) is 10.5. The van der Waals surface area contributed by atoms with E-state index in [0.717, 1.165) is 29.6 Å². The highest BCUT2D eigenvalue weighted by Gasteiger charge is 2.58. The van der Waals surface area contributed by atoms with Gasteiger partial charge in [0.2, 0.25) is 0 Å². The lowest BCUT2D eigenvalue weighted by Gasteiger charge is -2.48. The predicted molar refractivity (Wildman–Crippen MR) is 91.6 cm³/mol. The molecule has 2 saturated carbocycles. The van der Waals surface area contributed by atoms with Crippen molar-refractivity contribution < 1.29 is 4.79 Å². The van der Waals surface area contributed by atoms with E-state index in [1.54, 1.807) is 0 Å². The Labute approximate surface area is 138 Å². The van der Waals surface area contributed by atoms with E-state index in [9.17, 15) is 4.79 Å². The zero-order valence-corrected chi connectivity index (χ0v) is 13.7. The normalized spacial score (nSPS) is 40.3. The van der Waals surface area contributed by atoms with Gasteiger partial charge in [0.05, 0.1) is 5.70 Å². The van der Waals surface area contributed by atoms with E-state index >= 15 is 0 Å². The number of carbonyl (C=O) groups excluding carboxylic acids is 1. The Kier molecular flexibility index (Phi) is 3.14. The highest BCUT2D eigenvalue weighted by Crippen LogP contribution is 2.54. The lowest BCUT2D eigenvalue weighted by atomic mass is 9.62. The number of nitrogens with zero attached hydrogens (tertiary/aromatic N) is 1. The summed E-state index contributed by atoms with van der Waals surface area (Å²) in [5.74, 6) is 3.13. The minimum absolute atomic E-state index is 0.290. The Balaban J connectivity index is 1.50. The zero-order chi connectivity index (χ0) is 15.4. The third-order valence-electron chi connectivity index (χ3n) is 6.99. The highest BCUT2D eigenvalue weighted by atomic mass is 16.1. The second-order valence-corrected chi connectivity index (χ2v) is 8.00. The molecule has 4 aliphatic rings. The van der Waals surface area contributed by atoms with Crippen molar-refractivity contribution >= 4 is 11.9 Å². The molecule has 5 rings (SSSR count). The number of hydrogen-bond donors (Lipinski definition) is 0. The number of fused-ring (bicyclic) bond motifs is 7. The maximum Gasteiger partial charge on any atom is 0.184 e. The predicted octanol–water partition coefficient (Wildman–Crippen LogP) is 4.13. The standard InChI is InChI=1S/C21H25NO/c23-21-18-13-22(19(21)12-14-6-2-1-3-7-14)20-16-9-5-4-8-15(16)10-11-17(18)20/h1-3,6-7,12,15-18,20H,4-5,8-11,13H2. The number of hydrogen-bond acceptors (Lipinski definition) is 2. The van der Waals surface area contributed by atoms with Crippen LogP contribution in [0.1, 0.15) is 44.1 Å². The van der Waals surface area contributed by atoms with Crippen molar-refractivity contribution in [3.05, 3.63) is 41.6 Å². The van der Waals surface area contributed by atoms with Crippen LogP contribution in [0.4, 0.5) is 0 Å². The van der Waals surface area contributed by atoms with Gasteiger partial charge in [-0.1, -0.05) is 49.6 Å². The number of ketones is 1. The van der Waals surface area contributed by atoms with Gasteiger partial charge in [-0.25, -0.2) is 0 Å². The molecule has 0 radical (unpaired) electrons. The SMILES string of the molecule is O=C1C(=Cc2ccccc2)N2CC1C1CCC3CCCCC3C12. The minimum atomic E-state index is 0.290. The first-order valence-corrected chi connectivity index (χ1v) is 9.40. The first-order valence-electron chi connectivity index (χ1n) is 9.40.